The molecule has 0 radical (unpaired) electrons. The molecule has 164 valence electrons. The van der Waals surface area contributed by atoms with Crippen molar-refractivity contribution in [3.05, 3.63) is 89.1 Å². The first kappa shape index (κ1) is 22.1. The molecule has 0 aliphatic carbocycles. The standard InChI is InChI=1S/C23H21ClN4O3S/c24-18-10-8-17(9-11-18)19(29)13-25-21(30)15-32-23-27-26-22(20-7-4-12-31-20)28(23)14-16-5-2-1-3-6-16/h1-12,19,29H,13-15H2,(H,25,30). The molecule has 4 rings (SSSR count). The first-order valence-corrected chi connectivity index (χ1v) is 11.3. The lowest BCUT2D eigenvalue weighted by Crippen LogP contribution is -2.29. The predicted octanol–water partition coefficient (Wildman–Crippen LogP) is 4.18. The summed E-state index contributed by atoms with van der Waals surface area (Å²) in [6.07, 6.45) is 0.775. The molecule has 2 aromatic heterocycles. The van der Waals surface area contributed by atoms with Crippen LogP contribution < -0.4 is 5.32 Å². The van der Waals surface area contributed by atoms with Crippen LogP contribution in [0.1, 0.15) is 17.2 Å². The summed E-state index contributed by atoms with van der Waals surface area (Å²) < 4.78 is 7.43. The first-order chi connectivity index (χ1) is 15.6. The smallest absolute Gasteiger partial charge is 0.230 e. The summed E-state index contributed by atoms with van der Waals surface area (Å²) in [6, 6.07) is 20.4. The van der Waals surface area contributed by atoms with Crippen LogP contribution in [-0.2, 0) is 11.3 Å². The Kier molecular flexibility index (Phi) is 7.26. The number of nitrogens with one attached hydrogen (secondary N) is 1. The number of aromatic nitrogens is 3. The van der Waals surface area contributed by atoms with Gasteiger partial charge in [0.2, 0.25) is 11.7 Å². The van der Waals surface area contributed by atoms with Gasteiger partial charge >= 0.3 is 0 Å². The number of benzene rings is 2. The quantitative estimate of drug-likeness (QED) is 0.358. The van der Waals surface area contributed by atoms with Crippen LogP contribution in [-0.4, -0.2) is 38.1 Å². The Bertz CT molecular complexity index is 1150. The highest BCUT2D eigenvalue weighted by Crippen LogP contribution is 2.25. The Labute approximate surface area is 194 Å². The molecule has 9 heteroatoms. The number of nitrogens with zero attached hydrogens (tertiary/aromatic N) is 3. The number of halogens is 1. The second kappa shape index (κ2) is 10.5. The van der Waals surface area contributed by atoms with Gasteiger partial charge in [-0.2, -0.15) is 0 Å². The fraction of sp³-hybridized carbons (Fsp3) is 0.174. The molecule has 2 heterocycles. The third-order valence-corrected chi connectivity index (χ3v) is 5.94. The second-order valence-electron chi connectivity index (χ2n) is 7.02. The lowest BCUT2D eigenvalue weighted by Gasteiger charge is -2.12. The van der Waals surface area contributed by atoms with Gasteiger partial charge in [0.25, 0.3) is 0 Å². The zero-order valence-corrected chi connectivity index (χ0v) is 18.6. The fourth-order valence-electron chi connectivity index (χ4n) is 3.09. The highest BCUT2D eigenvalue weighted by molar-refractivity contribution is 7.99. The van der Waals surface area contributed by atoms with E-state index in [1.165, 1.54) is 11.8 Å². The lowest BCUT2D eigenvalue weighted by molar-refractivity contribution is -0.119. The van der Waals surface area contributed by atoms with Crippen LogP contribution in [0.15, 0.2) is 82.6 Å². The van der Waals surface area contributed by atoms with E-state index in [9.17, 15) is 9.90 Å². The van der Waals surface area contributed by atoms with Crippen molar-refractivity contribution in [2.75, 3.05) is 12.3 Å². The maximum atomic E-state index is 12.4. The summed E-state index contributed by atoms with van der Waals surface area (Å²) in [5.41, 5.74) is 1.77. The summed E-state index contributed by atoms with van der Waals surface area (Å²) in [4.78, 5) is 12.4. The number of aliphatic hydroxyl groups is 1. The molecule has 0 aliphatic heterocycles. The van der Waals surface area contributed by atoms with E-state index >= 15 is 0 Å². The number of thioether (sulfide) groups is 1. The van der Waals surface area contributed by atoms with Crippen molar-refractivity contribution in [1.29, 1.82) is 0 Å². The minimum atomic E-state index is -0.812. The molecule has 0 spiro atoms. The molecule has 1 unspecified atom stereocenters. The average molecular weight is 469 g/mol. The van der Waals surface area contributed by atoms with Crippen LogP contribution in [0, 0.1) is 0 Å². The molecule has 0 fully saturated rings. The number of amides is 1. The molecule has 0 aliphatic rings. The number of carbonyl (C=O) groups is 1. The monoisotopic (exact) mass is 468 g/mol. The van der Waals surface area contributed by atoms with Crippen molar-refractivity contribution in [1.82, 2.24) is 20.1 Å². The Morgan fingerprint density at radius 3 is 2.59 bits per heavy atom. The van der Waals surface area contributed by atoms with Gasteiger partial charge in [-0.15, -0.1) is 10.2 Å². The van der Waals surface area contributed by atoms with E-state index in [1.54, 1.807) is 36.6 Å². The van der Waals surface area contributed by atoms with Crippen molar-refractivity contribution in [2.45, 2.75) is 17.8 Å². The van der Waals surface area contributed by atoms with Crippen LogP contribution in [0.4, 0.5) is 0 Å². The highest BCUT2D eigenvalue weighted by atomic mass is 35.5. The van der Waals surface area contributed by atoms with E-state index in [1.807, 2.05) is 41.0 Å². The molecule has 2 N–H and O–H groups in total. The topological polar surface area (TPSA) is 93.2 Å². The van der Waals surface area contributed by atoms with Gasteiger partial charge in [-0.25, -0.2) is 0 Å². The third-order valence-electron chi connectivity index (χ3n) is 4.72. The van der Waals surface area contributed by atoms with Crippen LogP contribution in [0.2, 0.25) is 5.02 Å². The van der Waals surface area contributed by atoms with Gasteiger partial charge in [0.1, 0.15) is 0 Å². The minimum Gasteiger partial charge on any atom is -0.461 e. The fourth-order valence-corrected chi connectivity index (χ4v) is 3.98. The van der Waals surface area contributed by atoms with E-state index in [0.717, 1.165) is 5.56 Å². The van der Waals surface area contributed by atoms with Crippen molar-refractivity contribution in [2.24, 2.45) is 0 Å². The van der Waals surface area contributed by atoms with Crippen LogP contribution in [0.25, 0.3) is 11.6 Å². The molecule has 32 heavy (non-hydrogen) atoms. The highest BCUT2D eigenvalue weighted by Gasteiger charge is 2.18. The molecule has 1 atom stereocenters. The van der Waals surface area contributed by atoms with Gasteiger partial charge in [-0.1, -0.05) is 65.8 Å². The summed E-state index contributed by atoms with van der Waals surface area (Å²) in [5, 5.41) is 22.7. The van der Waals surface area contributed by atoms with Crippen LogP contribution in [0.5, 0.6) is 0 Å². The number of furan rings is 1. The van der Waals surface area contributed by atoms with Gasteiger partial charge in [0, 0.05) is 11.6 Å². The van der Waals surface area contributed by atoms with Gasteiger partial charge in [0.15, 0.2) is 10.9 Å². The Morgan fingerprint density at radius 2 is 1.88 bits per heavy atom. The number of aliphatic hydroxyl groups excluding tert-OH is 1. The number of hydrogen-bond donors (Lipinski definition) is 2. The Morgan fingerprint density at radius 1 is 1.09 bits per heavy atom. The van der Waals surface area contributed by atoms with E-state index in [2.05, 4.69) is 15.5 Å². The van der Waals surface area contributed by atoms with E-state index in [0.29, 0.717) is 33.9 Å². The minimum absolute atomic E-state index is 0.107. The number of hydrogen-bond acceptors (Lipinski definition) is 6. The summed E-state index contributed by atoms with van der Waals surface area (Å²) in [5.74, 6) is 1.13. The SMILES string of the molecule is O=C(CSc1nnc(-c2ccco2)n1Cc1ccccc1)NCC(O)c1ccc(Cl)cc1. The average Bonchev–Trinajstić information content (AvgIpc) is 3.47. The van der Waals surface area contributed by atoms with Gasteiger partial charge in [-0.3, -0.25) is 9.36 Å². The van der Waals surface area contributed by atoms with Crippen molar-refractivity contribution in [3.8, 4) is 11.6 Å². The molecule has 7 nitrogen and oxygen atoms in total. The molecule has 0 saturated heterocycles. The second-order valence-corrected chi connectivity index (χ2v) is 8.39. The maximum Gasteiger partial charge on any atom is 0.230 e. The normalized spacial score (nSPS) is 11.9. The number of rotatable bonds is 9. The maximum absolute atomic E-state index is 12.4. The van der Waals surface area contributed by atoms with E-state index in [-0.39, 0.29) is 18.2 Å². The summed E-state index contributed by atoms with van der Waals surface area (Å²) >= 11 is 7.15. The van der Waals surface area contributed by atoms with Crippen LogP contribution >= 0.6 is 23.4 Å². The van der Waals surface area contributed by atoms with E-state index < -0.39 is 6.10 Å². The van der Waals surface area contributed by atoms with Crippen LogP contribution in [0.3, 0.4) is 0 Å². The zero-order chi connectivity index (χ0) is 22.3. The van der Waals surface area contributed by atoms with Crippen molar-refractivity contribution >= 4 is 29.3 Å². The largest absolute Gasteiger partial charge is 0.461 e. The Balaban J connectivity index is 1.40. The van der Waals surface area contributed by atoms with Gasteiger partial charge in [-0.05, 0) is 35.4 Å². The van der Waals surface area contributed by atoms with Crippen molar-refractivity contribution < 1.29 is 14.3 Å². The number of carbonyl (C=O) groups excluding carboxylic acids is 1. The Hall–Kier alpha value is -3.07. The third kappa shape index (κ3) is 5.59. The molecular formula is C23H21ClN4O3S. The molecular weight excluding hydrogens is 448 g/mol. The van der Waals surface area contributed by atoms with Gasteiger partial charge in [0.05, 0.1) is 24.7 Å². The summed E-state index contributed by atoms with van der Waals surface area (Å²) in [7, 11) is 0. The lowest BCUT2D eigenvalue weighted by atomic mass is 10.1. The summed E-state index contributed by atoms with van der Waals surface area (Å²) in [6.45, 7) is 0.651. The molecule has 0 saturated carbocycles. The van der Waals surface area contributed by atoms with Gasteiger partial charge < -0.3 is 14.8 Å². The molecule has 1 amide bonds. The zero-order valence-electron chi connectivity index (χ0n) is 17.0. The van der Waals surface area contributed by atoms with Crippen molar-refractivity contribution in [3.63, 3.8) is 0 Å². The van der Waals surface area contributed by atoms with E-state index in [4.69, 9.17) is 16.0 Å². The molecule has 4 aromatic rings. The molecule has 2 aromatic carbocycles. The predicted molar refractivity (Wildman–Crippen MR) is 123 cm³/mol. The first-order valence-electron chi connectivity index (χ1n) is 9.94. The molecule has 0 bridgehead atoms.